The molecule has 1 fully saturated rings. The van der Waals surface area contributed by atoms with E-state index in [9.17, 15) is 13.6 Å². The molecule has 32 heavy (non-hydrogen) atoms. The number of hydrogen-bond donors (Lipinski definition) is 1. The predicted octanol–water partition coefficient (Wildman–Crippen LogP) is 5.30. The lowest BCUT2D eigenvalue weighted by molar-refractivity contribution is 0.0995. The first-order valence-corrected chi connectivity index (χ1v) is 10.2. The number of nitrogens with zero attached hydrogens (tertiary/aromatic N) is 2. The molecule has 2 aromatic heterocycles. The van der Waals surface area contributed by atoms with Gasteiger partial charge in [-0.1, -0.05) is 12.1 Å². The Morgan fingerprint density at radius 1 is 1.06 bits per heavy atom. The summed E-state index contributed by atoms with van der Waals surface area (Å²) in [6, 6.07) is 15.1. The first kappa shape index (κ1) is 20.1. The molecule has 0 radical (unpaired) electrons. The molecule has 1 aliphatic rings. The summed E-state index contributed by atoms with van der Waals surface area (Å²) >= 11 is 0. The molecule has 1 saturated heterocycles. The molecule has 6 nitrogen and oxygen atoms in total. The first-order chi connectivity index (χ1) is 15.6. The number of anilines is 1. The fourth-order valence-electron chi connectivity index (χ4n) is 3.85. The maximum atomic E-state index is 14.8. The summed E-state index contributed by atoms with van der Waals surface area (Å²) < 4.78 is 41.0. The van der Waals surface area contributed by atoms with Gasteiger partial charge in [0.15, 0.2) is 5.76 Å². The maximum Gasteiger partial charge on any atom is 0.292 e. The topological polar surface area (TPSA) is 69.3 Å². The molecule has 8 heteroatoms. The number of carbonyl (C=O) groups is 1. The minimum atomic E-state index is -0.474. The minimum Gasteiger partial charge on any atom is -0.459 e. The summed E-state index contributed by atoms with van der Waals surface area (Å²) in [5, 5.41) is 2.88. The number of imidazole rings is 1. The second-order valence-electron chi connectivity index (χ2n) is 7.44. The Morgan fingerprint density at radius 3 is 2.56 bits per heavy atom. The average molecular weight is 435 g/mol. The van der Waals surface area contributed by atoms with Crippen LogP contribution in [0.3, 0.4) is 0 Å². The molecule has 0 bridgehead atoms. The van der Waals surface area contributed by atoms with Crippen LogP contribution in [0.25, 0.3) is 22.6 Å². The Morgan fingerprint density at radius 2 is 1.88 bits per heavy atom. The van der Waals surface area contributed by atoms with Gasteiger partial charge in [-0.3, -0.25) is 4.79 Å². The summed E-state index contributed by atoms with van der Waals surface area (Å²) in [6.07, 6.45) is 2.08. The van der Waals surface area contributed by atoms with E-state index in [-0.39, 0.29) is 11.8 Å². The molecule has 4 aromatic rings. The third-order valence-electron chi connectivity index (χ3n) is 5.39. The van der Waals surface area contributed by atoms with Gasteiger partial charge in [0.1, 0.15) is 29.0 Å². The van der Waals surface area contributed by atoms with Crippen LogP contribution in [0.2, 0.25) is 0 Å². The van der Waals surface area contributed by atoms with Crippen LogP contribution >= 0.6 is 0 Å². The summed E-state index contributed by atoms with van der Waals surface area (Å²) in [6.45, 7) is 0.932. The van der Waals surface area contributed by atoms with E-state index >= 15 is 0 Å². The molecule has 1 amide bonds. The fraction of sp³-hybridized carbons (Fsp3) is 0.167. The van der Waals surface area contributed by atoms with E-state index in [0.717, 1.165) is 0 Å². The number of hydrogen-bond acceptors (Lipinski definition) is 4. The lowest BCUT2D eigenvalue weighted by atomic mass is 10.1. The molecule has 162 valence electrons. The van der Waals surface area contributed by atoms with Gasteiger partial charge in [-0.15, -0.1) is 0 Å². The van der Waals surface area contributed by atoms with Crippen LogP contribution in [0.5, 0.6) is 0 Å². The highest BCUT2D eigenvalue weighted by Gasteiger charge is 2.30. The van der Waals surface area contributed by atoms with E-state index in [4.69, 9.17) is 14.1 Å². The number of halogens is 2. The van der Waals surface area contributed by atoms with Crippen LogP contribution in [0, 0.1) is 11.6 Å². The van der Waals surface area contributed by atoms with Crippen molar-refractivity contribution < 1.29 is 22.7 Å². The zero-order valence-corrected chi connectivity index (χ0v) is 16.9. The van der Waals surface area contributed by atoms with Crippen molar-refractivity contribution in [2.45, 2.75) is 12.5 Å². The number of carbonyl (C=O) groups excluding carboxylic acids is 1. The zero-order valence-electron chi connectivity index (χ0n) is 16.9. The number of rotatable bonds is 5. The second-order valence-corrected chi connectivity index (χ2v) is 7.44. The van der Waals surface area contributed by atoms with Crippen LogP contribution < -0.4 is 5.32 Å². The number of nitrogens with one attached hydrogen (secondary N) is 1. The Kier molecular flexibility index (Phi) is 5.28. The van der Waals surface area contributed by atoms with Gasteiger partial charge in [0.2, 0.25) is 0 Å². The van der Waals surface area contributed by atoms with Crippen molar-refractivity contribution in [2.75, 3.05) is 18.5 Å². The van der Waals surface area contributed by atoms with E-state index in [2.05, 4.69) is 5.32 Å². The molecule has 1 aliphatic heterocycles. The predicted molar refractivity (Wildman–Crippen MR) is 114 cm³/mol. The van der Waals surface area contributed by atoms with Gasteiger partial charge in [0, 0.05) is 12.2 Å². The highest BCUT2D eigenvalue weighted by atomic mass is 19.1. The van der Waals surface area contributed by atoms with Gasteiger partial charge < -0.3 is 19.0 Å². The van der Waals surface area contributed by atoms with Crippen LogP contribution in [0.1, 0.15) is 23.0 Å². The van der Waals surface area contributed by atoms with E-state index < -0.39 is 17.5 Å². The van der Waals surface area contributed by atoms with Crippen LogP contribution in [0.15, 0.2) is 71.3 Å². The number of amides is 1. The Bertz CT molecular complexity index is 1240. The summed E-state index contributed by atoms with van der Waals surface area (Å²) in [4.78, 5) is 17.6. The first-order valence-electron chi connectivity index (χ1n) is 10.2. The largest absolute Gasteiger partial charge is 0.459 e. The summed E-state index contributed by atoms with van der Waals surface area (Å²) in [7, 11) is 0. The number of benzene rings is 2. The number of aromatic nitrogens is 2. The molecule has 0 aliphatic carbocycles. The summed E-state index contributed by atoms with van der Waals surface area (Å²) in [5.41, 5.74) is 1.27. The fourth-order valence-corrected chi connectivity index (χ4v) is 3.85. The van der Waals surface area contributed by atoms with Gasteiger partial charge in [-0.2, -0.15) is 0 Å². The van der Waals surface area contributed by atoms with Crippen molar-refractivity contribution in [2.24, 2.45) is 0 Å². The Hall–Kier alpha value is -3.78. The molecule has 1 N–H and O–H groups in total. The smallest absolute Gasteiger partial charge is 0.292 e. The van der Waals surface area contributed by atoms with Gasteiger partial charge in [0.25, 0.3) is 5.91 Å². The molecule has 0 spiro atoms. The number of furan rings is 1. The molecule has 5 rings (SSSR count). The third kappa shape index (κ3) is 3.69. The van der Waals surface area contributed by atoms with Gasteiger partial charge >= 0.3 is 0 Å². The molecular weight excluding hydrogens is 416 g/mol. The number of ether oxygens (including phenoxy) is 1. The van der Waals surface area contributed by atoms with Crippen molar-refractivity contribution in [3.8, 4) is 22.6 Å². The minimum absolute atomic E-state index is 0.123. The second kappa shape index (κ2) is 8.39. The quantitative estimate of drug-likeness (QED) is 0.462. The van der Waals surface area contributed by atoms with Crippen molar-refractivity contribution in [3.05, 3.63) is 84.3 Å². The van der Waals surface area contributed by atoms with Crippen LogP contribution in [0.4, 0.5) is 14.6 Å². The van der Waals surface area contributed by atoms with E-state index in [1.165, 1.54) is 24.5 Å². The molecule has 3 heterocycles. The van der Waals surface area contributed by atoms with Crippen LogP contribution in [-0.4, -0.2) is 28.7 Å². The van der Waals surface area contributed by atoms with Crippen molar-refractivity contribution in [1.29, 1.82) is 0 Å². The average Bonchev–Trinajstić information content (AvgIpc) is 3.56. The maximum absolute atomic E-state index is 14.8. The molecule has 1 unspecified atom stereocenters. The molecular formula is C24H19F2N3O3. The monoisotopic (exact) mass is 435 g/mol. The Labute approximate surface area is 182 Å². The summed E-state index contributed by atoms with van der Waals surface area (Å²) in [5.74, 6) is -0.462. The van der Waals surface area contributed by atoms with E-state index in [0.29, 0.717) is 48.1 Å². The van der Waals surface area contributed by atoms with Crippen molar-refractivity contribution >= 4 is 11.7 Å². The zero-order chi connectivity index (χ0) is 22.1. The molecule has 1 atom stereocenters. The standard InChI is InChI=1S/C24H19F2N3O3/c25-16-9-7-15(8-10-16)21-23(28-24(30)20-6-3-12-32-20)29(17-11-13-31-14-17)22(27-21)18-4-1-2-5-19(18)26/h1-10,12,17H,11,13-14H2,(H,28,30). The van der Waals surface area contributed by atoms with E-state index in [1.54, 1.807) is 47.0 Å². The Balaban J connectivity index is 1.73. The normalized spacial score (nSPS) is 15.8. The van der Waals surface area contributed by atoms with Crippen molar-refractivity contribution in [3.63, 3.8) is 0 Å². The van der Waals surface area contributed by atoms with Gasteiger partial charge in [0.05, 0.1) is 24.5 Å². The van der Waals surface area contributed by atoms with Gasteiger partial charge in [-0.25, -0.2) is 13.8 Å². The molecule has 2 aromatic carbocycles. The van der Waals surface area contributed by atoms with Crippen molar-refractivity contribution in [1.82, 2.24) is 9.55 Å². The lowest BCUT2D eigenvalue weighted by Gasteiger charge is -2.18. The SMILES string of the molecule is O=C(Nc1c(-c2ccc(F)cc2)nc(-c2ccccc2F)n1C1CCOC1)c1ccco1. The molecule has 0 saturated carbocycles. The lowest BCUT2D eigenvalue weighted by Crippen LogP contribution is -2.19. The van der Waals surface area contributed by atoms with Crippen LogP contribution in [-0.2, 0) is 4.74 Å². The third-order valence-corrected chi connectivity index (χ3v) is 5.39. The van der Waals surface area contributed by atoms with E-state index in [1.807, 2.05) is 0 Å². The highest BCUT2D eigenvalue weighted by molar-refractivity contribution is 6.04. The van der Waals surface area contributed by atoms with Gasteiger partial charge in [-0.05, 0) is 55.0 Å². The highest BCUT2D eigenvalue weighted by Crippen LogP contribution is 2.39.